The van der Waals surface area contributed by atoms with Crippen LogP contribution in [0.3, 0.4) is 0 Å². The van der Waals surface area contributed by atoms with Gasteiger partial charge in [0, 0.05) is 12.3 Å². The highest BCUT2D eigenvalue weighted by Crippen LogP contribution is 2.38. The number of H-pyrrole nitrogens is 1. The number of phosphoric acid groups is 1. The van der Waals surface area contributed by atoms with E-state index >= 15 is 0 Å². The van der Waals surface area contributed by atoms with Gasteiger partial charge in [0.15, 0.2) is 6.23 Å². The van der Waals surface area contributed by atoms with Crippen LogP contribution in [-0.2, 0) is 13.8 Å². The molecule has 5 N–H and O–H groups in total. The first-order chi connectivity index (χ1) is 9.69. The first-order valence-corrected chi connectivity index (χ1v) is 7.25. The van der Waals surface area contributed by atoms with E-state index in [1.165, 1.54) is 0 Å². The molecule has 1 aliphatic rings. The molecule has 118 valence electrons. The minimum Gasteiger partial charge on any atom is -0.387 e. The Kier molecular flexibility index (Phi) is 4.44. The third kappa shape index (κ3) is 3.66. The first-order valence-electron chi connectivity index (χ1n) is 5.72. The van der Waals surface area contributed by atoms with E-state index < -0.39 is 50.2 Å². The molecule has 21 heavy (non-hydrogen) atoms. The molecule has 2 rings (SSSR count). The van der Waals surface area contributed by atoms with Gasteiger partial charge in [-0.1, -0.05) is 0 Å². The Hall–Kier alpha value is -1.33. The molecule has 0 bridgehead atoms. The van der Waals surface area contributed by atoms with Crippen LogP contribution in [0.4, 0.5) is 0 Å². The van der Waals surface area contributed by atoms with E-state index in [1.807, 2.05) is 4.98 Å². The smallest absolute Gasteiger partial charge is 0.387 e. The number of nitrogens with zero attached hydrogens (tertiary/aromatic N) is 1. The maximum Gasteiger partial charge on any atom is 0.469 e. The van der Waals surface area contributed by atoms with Gasteiger partial charge in [0.25, 0.3) is 5.56 Å². The fraction of sp³-hybridized carbons (Fsp3) is 0.556. The second-order valence-corrected chi connectivity index (χ2v) is 5.59. The lowest BCUT2D eigenvalue weighted by atomic mass is 10.1. The topological polar surface area (TPSA) is 171 Å². The van der Waals surface area contributed by atoms with Gasteiger partial charge >= 0.3 is 13.5 Å². The van der Waals surface area contributed by atoms with E-state index in [0.29, 0.717) is 0 Å². The second-order valence-electron chi connectivity index (χ2n) is 4.35. The SMILES string of the molecule is O=c1cc[15n]([C@@H]2O[C@H](COP(=O)(O)O)[C@H](O)[C@@H]2O)[13c](=O)[15nH]1. The lowest BCUT2D eigenvalue weighted by Gasteiger charge is -2.16. The molecule has 0 aliphatic carbocycles. The molecule has 1 aromatic heterocycles. The summed E-state index contributed by atoms with van der Waals surface area (Å²) in [5.41, 5.74) is -1.51. The van der Waals surface area contributed by atoms with Crippen LogP contribution in [0, 0.1) is 0 Å². The summed E-state index contributed by atoms with van der Waals surface area (Å²) in [4.78, 5) is 41.6. The molecule has 0 saturated carbocycles. The molecule has 0 amide bonds. The third-order valence-corrected chi connectivity index (χ3v) is 3.35. The fourth-order valence-electron chi connectivity index (χ4n) is 1.89. The number of rotatable bonds is 4. The average molecular weight is 327 g/mol. The monoisotopic (exact) mass is 327 g/mol. The molecule has 0 unspecified atom stereocenters. The quantitative estimate of drug-likeness (QED) is 0.368. The van der Waals surface area contributed by atoms with Crippen LogP contribution >= 0.6 is 7.82 Å². The molecule has 1 fully saturated rings. The number of nitrogens with one attached hydrogen (secondary N) is 1. The zero-order chi connectivity index (χ0) is 15.8. The Labute approximate surface area is 116 Å². The van der Waals surface area contributed by atoms with Crippen LogP contribution in [0.15, 0.2) is 21.9 Å². The van der Waals surface area contributed by atoms with Crippen molar-refractivity contribution in [2.75, 3.05) is 6.61 Å². The van der Waals surface area contributed by atoms with Crippen molar-refractivity contribution in [3.63, 3.8) is 0 Å². The maximum absolute atomic E-state index is 11.6. The highest BCUT2D eigenvalue weighted by atomic mass is 31.2. The van der Waals surface area contributed by atoms with Crippen molar-refractivity contribution in [2.24, 2.45) is 0 Å². The molecule has 4 atom stereocenters. The van der Waals surface area contributed by atoms with Gasteiger partial charge in [0.1, 0.15) is 18.3 Å². The van der Waals surface area contributed by atoms with Crippen LogP contribution < -0.4 is 11.2 Å². The molecule has 11 nitrogen and oxygen atoms in total. The average Bonchev–Trinajstić information content (AvgIpc) is 2.64. The van der Waals surface area contributed by atoms with Crippen LogP contribution in [-0.4, -0.2) is 54.5 Å². The summed E-state index contributed by atoms with van der Waals surface area (Å²) >= 11 is 0. The summed E-state index contributed by atoms with van der Waals surface area (Å²) in [5.74, 6) is 0. The van der Waals surface area contributed by atoms with Crippen LogP contribution in [0.5, 0.6) is 0 Å². The van der Waals surface area contributed by atoms with Crippen molar-refractivity contribution in [1.29, 1.82) is 0 Å². The molecular weight excluding hydrogens is 314 g/mol. The zero-order valence-electron chi connectivity index (χ0n) is 10.4. The van der Waals surface area contributed by atoms with Gasteiger partial charge in [0.2, 0.25) is 0 Å². The van der Waals surface area contributed by atoms with Gasteiger partial charge in [-0.25, -0.2) is 9.36 Å². The summed E-state index contributed by atoms with van der Waals surface area (Å²) in [7, 11) is -4.76. The van der Waals surface area contributed by atoms with Crippen LogP contribution in [0.1, 0.15) is 6.23 Å². The number of hydrogen-bond donors (Lipinski definition) is 5. The van der Waals surface area contributed by atoms with E-state index in [1.54, 1.807) is 0 Å². The number of aliphatic hydroxyl groups is 2. The number of hydrogen-bond acceptors (Lipinski definition) is 7. The van der Waals surface area contributed by atoms with Crippen molar-refractivity contribution in [2.45, 2.75) is 24.5 Å². The van der Waals surface area contributed by atoms with Crippen LogP contribution in [0.2, 0.25) is 0 Å². The molecule has 0 spiro atoms. The summed E-state index contributed by atoms with van der Waals surface area (Å²) in [6, 6.07) is 1.02. The predicted molar refractivity (Wildman–Crippen MR) is 65.2 cm³/mol. The number of ether oxygens (including phenoxy) is 1. The predicted octanol–water partition coefficient (Wildman–Crippen LogP) is -2.73. The Morgan fingerprint density at radius 2 is 2.00 bits per heavy atom. The lowest BCUT2D eigenvalue weighted by molar-refractivity contribution is -0.0543. The molecule has 0 radical (unpaired) electrons. The van der Waals surface area contributed by atoms with Gasteiger partial charge in [-0.15, -0.1) is 0 Å². The van der Waals surface area contributed by atoms with E-state index in [4.69, 9.17) is 14.5 Å². The molecular formula is C9H13N2O9P. The van der Waals surface area contributed by atoms with Gasteiger partial charge < -0.3 is 24.7 Å². The standard InChI is InChI=1S/C9H13N2O9P/c12-5-1-2-11(9(15)10-5)8-7(14)6(13)4(20-8)3-19-21(16,17)18/h1-2,4,6-8,13-14H,3H2,(H,10,12,15)(H2,16,17,18)/t4-,6+,7+,8-/m1/s1/i9+1,10+1,11+1. The van der Waals surface area contributed by atoms with Gasteiger partial charge in [-0.3, -0.25) is 18.9 Å². The molecule has 1 saturated heterocycles. The number of aromatic nitrogens is 2. The molecule has 12 heteroatoms. The zero-order valence-corrected chi connectivity index (χ0v) is 11.3. The molecule has 1 aliphatic heterocycles. The van der Waals surface area contributed by atoms with Crippen LogP contribution in [0.25, 0.3) is 0 Å². The summed E-state index contributed by atoms with van der Waals surface area (Å²) in [5, 5.41) is 19.6. The summed E-state index contributed by atoms with van der Waals surface area (Å²) in [6.45, 7) is -0.683. The van der Waals surface area contributed by atoms with E-state index in [9.17, 15) is 24.4 Å². The maximum atomic E-state index is 11.6. The van der Waals surface area contributed by atoms with Crippen molar-refractivity contribution in [3.8, 4) is 0 Å². The minimum atomic E-state index is -4.76. The molecule has 2 heterocycles. The number of aromatic amines is 1. The Balaban J connectivity index is 2.18. The van der Waals surface area contributed by atoms with E-state index in [0.717, 1.165) is 16.8 Å². The van der Waals surface area contributed by atoms with Crippen molar-refractivity contribution in [1.82, 2.24) is 9.55 Å². The van der Waals surface area contributed by atoms with Gasteiger partial charge in [-0.2, -0.15) is 0 Å². The third-order valence-electron chi connectivity index (χ3n) is 2.87. The van der Waals surface area contributed by atoms with Gasteiger partial charge in [0.05, 0.1) is 6.61 Å². The Morgan fingerprint density at radius 1 is 1.33 bits per heavy atom. The normalized spacial score (nSPS) is 29.7. The minimum absolute atomic E-state index is 0.648. The van der Waals surface area contributed by atoms with Crippen molar-refractivity contribution in [3.05, 3.63) is 33.1 Å². The largest absolute Gasteiger partial charge is 0.469 e. The summed E-state index contributed by atoms with van der Waals surface area (Å²) < 4.78 is 20.8. The van der Waals surface area contributed by atoms with E-state index in [2.05, 4.69) is 4.52 Å². The number of aliphatic hydroxyl groups excluding tert-OH is 2. The number of phosphoric ester groups is 1. The highest BCUT2D eigenvalue weighted by molar-refractivity contribution is 7.46. The Morgan fingerprint density at radius 3 is 2.57 bits per heavy atom. The second kappa shape index (κ2) is 5.81. The molecule has 1 aromatic rings. The molecule has 0 aromatic carbocycles. The highest BCUT2D eigenvalue weighted by Gasteiger charge is 2.44. The van der Waals surface area contributed by atoms with E-state index in [-0.39, 0.29) is 0 Å². The van der Waals surface area contributed by atoms with Crippen molar-refractivity contribution < 1.29 is 33.8 Å². The summed E-state index contributed by atoms with van der Waals surface area (Å²) in [6.07, 6.45) is -4.58. The van der Waals surface area contributed by atoms with Gasteiger partial charge in [-0.05, 0) is 0 Å². The first kappa shape index (κ1) is 16.0. The Bertz CT molecular complexity index is 664. The van der Waals surface area contributed by atoms with Crippen molar-refractivity contribution >= 4 is 7.82 Å². The lowest BCUT2D eigenvalue weighted by Crippen LogP contribution is -2.37. The fourth-order valence-corrected chi connectivity index (χ4v) is 2.24.